The lowest BCUT2D eigenvalue weighted by atomic mass is 9.97. The van der Waals surface area contributed by atoms with Crippen LogP contribution in [0.1, 0.15) is 5.56 Å². The van der Waals surface area contributed by atoms with Gasteiger partial charge in [-0.2, -0.15) is 0 Å². The molecular formula is C22H28O13. The second-order valence-corrected chi connectivity index (χ2v) is 8.53. The lowest BCUT2D eigenvalue weighted by Crippen LogP contribution is -2.65. The average molecular weight is 500 g/mol. The molecule has 194 valence electrons. The van der Waals surface area contributed by atoms with Crippen LogP contribution in [0.4, 0.5) is 0 Å². The fourth-order valence-electron chi connectivity index (χ4n) is 4.17. The van der Waals surface area contributed by atoms with Crippen molar-refractivity contribution in [2.75, 3.05) is 13.2 Å². The Morgan fingerprint density at radius 2 is 1.49 bits per heavy atom. The molecule has 0 amide bonds. The summed E-state index contributed by atoms with van der Waals surface area (Å²) in [5.41, 5.74) is 0.381. The molecular weight excluding hydrogens is 472 g/mol. The van der Waals surface area contributed by atoms with Crippen LogP contribution in [0.15, 0.2) is 33.5 Å². The Morgan fingerprint density at radius 3 is 2.17 bits per heavy atom. The van der Waals surface area contributed by atoms with Crippen molar-refractivity contribution in [1.82, 2.24) is 0 Å². The van der Waals surface area contributed by atoms with Crippen molar-refractivity contribution < 1.29 is 59.1 Å². The molecule has 1 aromatic carbocycles. The highest BCUT2D eigenvalue weighted by Gasteiger charge is 2.51. The van der Waals surface area contributed by atoms with Gasteiger partial charge in [-0.15, -0.1) is 0 Å². The van der Waals surface area contributed by atoms with Gasteiger partial charge in [0.15, 0.2) is 6.29 Å². The predicted molar refractivity (Wildman–Crippen MR) is 114 cm³/mol. The summed E-state index contributed by atoms with van der Waals surface area (Å²) in [4.78, 5) is 11.7. The monoisotopic (exact) mass is 500 g/mol. The number of aryl methyl sites for hydroxylation is 1. The Kier molecular flexibility index (Phi) is 7.73. The van der Waals surface area contributed by atoms with E-state index >= 15 is 0 Å². The maximum atomic E-state index is 11.7. The highest BCUT2D eigenvalue weighted by molar-refractivity contribution is 5.81. The molecule has 3 heterocycles. The minimum absolute atomic E-state index is 0.146. The smallest absolute Gasteiger partial charge is 0.336 e. The van der Waals surface area contributed by atoms with Crippen molar-refractivity contribution in [3.05, 3.63) is 40.2 Å². The third kappa shape index (κ3) is 5.06. The van der Waals surface area contributed by atoms with E-state index in [1.165, 1.54) is 12.1 Å². The topological polar surface area (TPSA) is 209 Å². The van der Waals surface area contributed by atoms with Crippen molar-refractivity contribution in [2.45, 2.75) is 68.3 Å². The van der Waals surface area contributed by atoms with Gasteiger partial charge in [0.1, 0.15) is 60.2 Å². The predicted octanol–water partition coefficient (Wildman–Crippen LogP) is -2.90. The molecule has 35 heavy (non-hydrogen) atoms. The zero-order valence-electron chi connectivity index (χ0n) is 18.6. The number of aliphatic hydroxyl groups is 7. The van der Waals surface area contributed by atoms with Gasteiger partial charge in [-0.05, 0) is 24.6 Å². The Morgan fingerprint density at radius 1 is 0.829 bits per heavy atom. The summed E-state index contributed by atoms with van der Waals surface area (Å²) in [6.07, 6.45) is -15.6. The number of aliphatic hydroxyl groups excluding tert-OH is 7. The second kappa shape index (κ2) is 10.4. The van der Waals surface area contributed by atoms with Crippen LogP contribution in [0, 0.1) is 6.92 Å². The van der Waals surface area contributed by atoms with E-state index in [9.17, 15) is 40.5 Å². The minimum Gasteiger partial charge on any atom is -0.462 e. The maximum Gasteiger partial charge on any atom is 0.336 e. The van der Waals surface area contributed by atoms with Gasteiger partial charge >= 0.3 is 5.63 Å². The maximum absolute atomic E-state index is 11.7. The van der Waals surface area contributed by atoms with E-state index in [0.29, 0.717) is 10.9 Å². The van der Waals surface area contributed by atoms with Gasteiger partial charge in [-0.1, -0.05) is 0 Å². The molecule has 0 saturated carbocycles. The summed E-state index contributed by atoms with van der Waals surface area (Å²) in [5, 5.41) is 71.1. The Labute approximate surface area is 198 Å². The summed E-state index contributed by atoms with van der Waals surface area (Å²) < 4.78 is 27.1. The van der Waals surface area contributed by atoms with Crippen molar-refractivity contribution >= 4 is 11.0 Å². The van der Waals surface area contributed by atoms with Gasteiger partial charge < -0.3 is 59.1 Å². The highest BCUT2D eigenvalue weighted by atomic mass is 16.7. The molecule has 0 unspecified atom stereocenters. The van der Waals surface area contributed by atoms with Crippen LogP contribution in [0.2, 0.25) is 0 Å². The molecule has 13 heteroatoms. The first-order chi connectivity index (χ1) is 16.6. The zero-order chi connectivity index (χ0) is 25.4. The van der Waals surface area contributed by atoms with Crippen LogP contribution >= 0.6 is 0 Å². The van der Waals surface area contributed by atoms with Crippen LogP contribution < -0.4 is 10.4 Å². The van der Waals surface area contributed by atoms with E-state index < -0.39 is 80.3 Å². The SMILES string of the molecule is Cc1cc(=O)oc2cc(O[C@@H]3O[C@H](CO)[C@@H](O[C@@H]4O[C@H](CO)[C@@H](O)[C@@H](O)[C@H]4O)[C@@H](O)[C@H]3O)ccc12. The summed E-state index contributed by atoms with van der Waals surface area (Å²) in [6, 6.07) is 5.94. The van der Waals surface area contributed by atoms with Gasteiger partial charge in [0, 0.05) is 17.5 Å². The average Bonchev–Trinajstić information content (AvgIpc) is 2.83. The summed E-state index contributed by atoms with van der Waals surface area (Å²) in [7, 11) is 0. The summed E-state index contributed by atoms with van der Waals surface area (Å²) >= 11 is 0. The lowest BCUT2D eigenvalue weighted by molar-refractivity contribution is -0.352. The summed E-state index contributed by atoms with van der Waals surface area (Å²) in [6.45, 7) is 0.352. The number of hydrogen-bond acceptors (Lipinski definition) is 13. The number of ether oxygens (including phenoxy) is 4. The molecule has 4 rings (SSSR count). The third-order valence-corrected chi connectivity index (χ3v) is 6.14. The van der Waals surface area contributed by atoms with Gasteiger partial charge in [-0.3, -0.25) is 0 Å². The van der Waals surface area contributed by atoms with Gasteiger partial charge in [0.05, 0.1) is 13.2 Å². The molecule has 7 N–H and O–H groups in total. The standard InChI is InChI=1S/C22H28O13/c1-8-4-14(25)32-11-5-9(2-3-10(8)11)31-21-19(30)17(28)20(13(7-24)34-21)35-22-18(29)16(27)15(26)12(6-23)33-22/h2-5,12-13,15-24,26-30H,6-7H2,1H3/t12-,13-,15-,16-,17+,18-,19-,20-,21-,22+/m1/s1. The Balaban J connectivity index is 1.50. The third-order valence-electron chi connectivity index (χ3n) is 6.14. The largest absolute Gasteiger partial charge is 0.462 e. The number of fused-ring (bicyclic) bond motifs is 1. The number of rotatable bonds is 6. The van der Waals surface area contributed by atoms with E-state index in [1.54, 1.807) is 19.1 Å². The van der Waals surface area contributed by atoms with E-state index in [0.717, 1.165) is 0 Å². The van der Waals surface area contributed by atoms with Crippen molar-refractivity contribution in [1.29, 1.82) is 0 Å². The van der Waals surface area contributed by atoms with E-state index in [4.69, 9.17) is 23.4 Å². The van der Waals surface area contributed by atoms with Crippen LogP contribution in [-0.2, 0) is 14.2 Å². The highest BCUT2D eigenvalue weighted by Crippen LogP contribution is 2.31. The molecule has 0 spiro atoms. The van der Waals surface area contributed by atoms with E-state index in [2.05, 4.69) is 0 Å². The van der Waals surface area contributed by atoms with Crippen molar-refractivity contribution in [2.24, 2.45) is 0 Å². The van der Waals surface area contributed by atoms with Crippen LogP contribution in [0.5, 0.6) is 5.75 Å². The fraction of sp³-hybridized carbons (Fsp3) is 0.591. The van der Waals surface area contributed by atoms with Crippen molar-refractivity contribution in [3.8, 4) is 5.75 Å². The quantitative estimate of drug-likeness (QED) is 0.199. The van der Waals surface area contributed by atoms with Crippen molar-refractivity contribution in [3.63, 3.8) is 0 Å². The van der Waals surface area contributed by atoms with Gasteiger partial charge in [-0.25, -0.2) is 4.79 Å². The van der Waals surface area contributed by atoms with Gasteiger partial charge in [0.2, 0.25) is 6.29 Å². The number of hydrogen-bond donors (Lipinski definition) is 7. The molecule has 0 bridgehead atoms. The molecule has 1 aromatic heterocycles. The van der Waals surface area contributed by atoms with E-state index in [1.807, 2.05) is 0 Å². The first-order valence-electron chi connectivity index (χ1n) is 10.9. The molecule has 10 atom stereocenters. The minimum atomic E-state index is -1.76. The molecule has 2 fully saturated rings. The molecule has 2 saturated heterocycles. The normalized spacial score (nSPS) is 37.9. The summed E-state index contributed by atoms with van der Waals surface area (Å²) in [5.74, 6) is 0.146. The molecule has 0 radical (unpaired) electrons. The Hall–Kier alpha value is -2.17. The first-order valence-corrected chi connectivity index (χ1v) is 10.9. The molecule has 2 aromatic rings. The fourth-order valence-corrected chi connectivity index (χ4v) is 4.17. The zero-order valence-corrected chi connectivity index (χ0v) is 18.6. The molecule has 2 aliphatic rings. The van der Waals surface area contributed by atoms with Crippen LogP contribution in [0.25, 0.3) is 11.0 Å². The molecule has 2 aliphatic heterocycles. The second-order valence-electron chi connectivity index (χ2n) is 8.53. The first kappa shape index (κ1) is 25.9. The van der Waals surface area contributed by atoms with Gasteiger partial charge in [0.25, 0.3) is 0 Å². The van der Waals surface area contributed by atoms with E-state index in [-0.39, 0.29) is 11.3 Å². The number of benzene rings is 1. The molecule has 0 aliphatic carbocycles. The molecule has 13 nitrogen and oxygen atoms in total. The van der Waals surface area contributed by atoms with Crippen LogP contribution in [0.3, 0.4) is 0 Å². The Bertz CT molecular complexity index is 1070. The van der Waals surface area contributed by atoms with Crippen LogP contribution in [-0.4, -0.2) is 110 Å². The lowest BCUT2D eigenvalue weighted by Gasteiger charge is -2.45.